The summed E-state index contributed by atoms with van der Waals surface area (Å²) in [6.45, 7) is 3.35. The van der Waals surface area contributed by atoms with E-state index in [9.17, 15) is 19.7 Å². The van der Waals surface area contributed by atoms with Gasteiger partial charge in [-0.15, -0.1) is 11.3 Å². The standard InChI is InChI=1S/C16H17N3O6S/c1-3-24-15(21)7-11-9-26-16(17-11)18-14(20)8-25-13-6-10(2)4-5-12(13)19(22)23/h4-6,9H,3,7-8H2,1-2H3,(H,17,18,20). The number of aromatic nitrogens is 1. The van der Waals surface area contributed by atoms with Gasteiger partial charge in [-0.3, -0.25) is 25.0 Å². The summed E-state index contributed by atoms with van der Waals surface area (Å²) < 4.78 is 10.1. The Balaban J connectivity index is 1.92. The summed E-state index contributed by atoms with van der Waals surface area (Å²) in [5, 5.41) is 15.4. The van der Waals surface area contributed by atoms with E-state index in [0.717, 1.165) is 16.9 Å². The van der Waals surface area contributed by atoms with Crippen molar-refractivity contribution in [3.8, 4) is 5.75 Å². The van der Waals surface area contributed by atoms with Crippen LogP contribution in [-0.4, -0.2) is 35.0 Å². The summed E-state index contributed by atoms with van der Waals surface area (Å²) in [5.41, 5.74) is 1.04. The fraction of sp³-hybridized carbons (Fsp3) is 0.312. The Hall–Kier alpha value is -3.01. The fourth-order valence-corrected chi connectivity index (χ4v) is 2.72. The van der Waals surface area contributed by atoms with Crippen molar-refractivity contribution in [2.24, 2.45) is 0 Å². The van der Waals surface area contributed by atoms with Gasteiger partial charge in [0.2, 0.25) is 0 Å². The van der Waals surface area contributed by atoms with Crippen molar-refractivity contribution in [1.82, 2.24) is 4.98 Å². The molecule has 1 heterocycles. The highest BCUT2D eigenvalue weighted by Crippen LogP contribution is 2.27. The molecule has 2 aromatic rings. The number of anilines is 1. The maximum absolute atomic E-state index is 12.0. The number of carbonyl (C=O) groups is 2. The van der Waals surface area contributed by atoms with Crippen molar-refractivity contribution in [2.75, 3.05) is 18.5 Å². The lowest BCUT2D eigenvalue weighted by Gasteiger charge is -2.07. The molecule has 138 valence electrons. The number of nitrogens with zero attached hydrogens (tertiary/aromatic N) is 2. The summed E-state index contributed by atoms with van der Waals surface area (Å²) in [5.74, 6) is -0.893. The van der Waals surface area contributed by atoms with E-state index < -0.39 is 23.4 Å². The van der Waals surface area contributed by atoms with Gasteiger partial charge in [-0.25, -0.2) is 4.98 Å². The van der Waals surface area contributed by atoms with Crippen molar-refractivity contribution < 1.29 is 24.0 Å². The summed E-state index contributed by atoms with van der Waals surface area (Å²) in [6.07, 6.45) is 0.0200. The highest BCUT2D eigenvalue weighted by molar-refractivity contribution is 7.13. The van der Waals surface area contributed by atoms with Gasteiger partial charge in [0.15, 0.2) is 17.5 Å². The third-order valence-electron chi connectivity index (χ3n) is 3.10. The number of aryl methyl sites for hydroxylation is 1. The number of carbonyl (C=O) groups excluding carboxylic acids is 2. The first kappa shape index (κ1) is 19.3. The summed E-state index contributed by atoms with van der Waals surface area (Å²) in [7, 11) is 0. The van der Waals surface area contributed by atoms with E-state index in [-0.39, 0.29) is 24.5 Å². The first-order chi connectivity index (χ1) is 12.4. The van der Waals surface area contributed by atoms with E-state index in [1.54, 1.807) is 25.3 Å². The number of amides is 1. The Morgan fingerprint density at radius 2 is 2.15 bits per heavy atom. The highest BCUT2D eigenvalue weighted by atomic mass is 32.1. The van der Waals surface area contributed by atoms with Gasteiger partial charge in [0.05, 0.1) is 23.6 Å². The third-order valence-corrected chi connectivity index (χ3v) is 3.91. The summed E-state index contributed by atoms with van der Waals surface area (Å²) in [4.78, 5) is 37.9. The molecule has 0 saturated heterocycles. The van der Waals surface area contributed by atoms with Crippen LogP contribution >= 0.6 is 11.3 Å². The average Bonchev–Trinajstić information content (AvgIpc) is 2.99. The molecule has 0 radical (unpaired) electrons. The zero-order valence-electron chi connectivity index (χ0n) is 14.2. The fourth-order valence-electron chi connectivity index (χ4n) is 1.99. The number of rotatable bonds is 8. The molecule has 1 aromatic carbocycles. The normalized spacial score (nSPS) is 10.2. The SMILES string of the molecule is CCOC(=O)Cc1csc(NC(=O)COc2cc(C)ccc2[N+](=O)[O-])n1. The Labute approximate surface area is 153 Å². The summed E-state index contributed by atoms with van der Waals surface area (Å²) in [6, 6.07) is 4.41. The lowest BCUT2D eigenvalue weighted by atomic mass is 10.2. The highest BCUT2D eigenvalue weighted by Gasteiger charge is 2.17. The van der Waals surface area contributed by atoms with Crippen LogP contribution in [0.15, 0.2) is 23.6 Å². The molecule has 0 aliphatic heterocycles. The Bertz CT molecular complexity index is 820. The number of nitrogens with one attached hydrogen (secondary N) is 1. The number of ether oxygens (including phenoxy) is 2. The van der Waals surface area contributed by atoms with E-state index in [1.165, 1.54) is 12.1 Å². The number of esters is 1. The molecular formula is C16H17N3O6S. The number of nitro groups is 1. The van der Waals surface area contributed by atoms with Crippen LogP contribution in [0.2, 0.25) is 0 Å². The Morgan fingerprint density at radius 1 is 1.38 bits per heavy atom. The van der Waals surface area contributed by atoms with Crippen LogP contribution in [0, 0.1) is 17.0 Å². The van der Waals surface area contributed by atoms with Gasteiger partial charge >= 0.3 is 11.7 Å². The van der Waals surface area contributed by atoms with Gasteiger partial charge in [0.25, 0.3) is 5.91 Å². The molecule has 0 saturated carbocycles. The predicted molar refractivity (Wildman–Crippen MR) is 94.4 cm³/mol. The average molecular weight is 379 g/mol. The number of nitro benzene ring substituents is 1. The first-order valence-corrected chi connectivity index (χ1v) is 8.54. The van der Waals surface area contributed by atoms with Crippen LogP contribution in [0.1, 0.15) is 18.2 Å². The zero-order chi connectivity index (χ0) is 19.1. The van der Waals surface area contributed by atoms with Crippen LogP contribution in [0.3, 0.4) is 0 Å². The molecule has 9 nitrogen and oxygen atoms in total. The maximum atomic E-state index is 12.0. The van der Waals surface area contributed by atoms with E-state index >= 15 is 0 Å². The molecule has 26 heavy (non-hydrogen) atoms. The van der Waals surface area contributed by atoms with Gasteiger partial charge in [-0.1, -0.05) is 6.07 Å². The quantitative estimate of drug-likeness (QED) is 0.425. The Kier molecular flexibility index (Phi) is 6.61. The topological polar surface area (TPSA) is 121 Å². The van der Waals surface area contributed by atoms with Gasteiger partial charge < -0.3 is 9.47 Å². The second-order valence-electron chi connectivity index (χ2n) is 5.19. The molecule has 0 aliphatic rings. The molecule has 1 N–H and O–H groups in total. The first-order valence-electron chi connectivity index (χ1n) is 7.66. The van der Waals surface area contributed by atoms with E-state index in [1.807, 2.05) is 0 Å². The smallest absolute Gasteiger partial charge is 0.311 e. The van der Waals surface area contributed by atoms with Crippen molar-refractivity contribution in [1.29, 1.82) is 0 Å². The number of benzene rings is 1. The number of hydrogen-bond donors (Lipinski definition) is 1. The Morgan fingerprint density at radius 3 is 2.85 bits per heavy atom. The minimum absolute atomic E-state index is 0.0200. The van der Waals surface area contributed by atoms with Gasteiger partial charge in [-0.2, -0.15) is 0 Å². The monoisotopic (exact) mass is 379 g/mol. The largest absolute Gasteiger partial charge is 0.477 e. The third kappa shape index (κ3) is 5.52. The molecule has 1 aromatic heterocycles. The van der Waals surface area contributed by atoms with E-state index in [2.05, 4.69) is 10.3 Å². The lowest BCUT2D eigenvalue weighted by Crippen LogP contribution is -2.20. The number of thiazole rings is 1. The maximum Gasteiger partial charge on any atom is 0.311 e. The molecule has 0 atom stereocenters. The molecule has 0 fully saturated rings. The molecule has 0 spiro atoms. The molecule has 0 unspecified atom stereocenters. The van der Waals surface area contributed by atoms with Gasteiger partial charge in [0.1, 0.15) is 0 Å². The van der Waals surface area contributed by atoms with Crippen molar-refractivity contribution in [2.45, 2.75) is 20.3 Å². The lowest BCUT2D eigenvalue weighted by molar-refractivity contribution is -0.385. The molecule has 2 rings (SSSR count). The molecule has 0 aliphatic carbocycles. The second kappa shape index (κ2) is 8.90. The predicted octanol–water partition coefficient (Wildman–Crippen LogP) is 2.48. The van der Waals surface area contributed by atoms with Crippen molar-refractivity contribution in [3.63, 3.8) is 0 Å². The van der Waals surface area contributed by atoms with Crippen LogP contribution in [0.5, 0.6) is 5.75 Å². The van der Waals surface area contributed by atoms with Crippen LogP contribution in [0.25, 0.3) is 0 Å². The van der Waals surface area contributed by atoms with Crippen LogP contribution in [0.4, 0.5) is 10.8 Å². The molecule has 0 bridgehead atoms. The molecular weight excluding hydrogens is 362 g/mol. The van der Waals surface area contributed by atoms with Gasteiger partial charge in [-0.05, 0) is 25.5 Å². The molecule has 1 amide bonds. The minimum Gasteiger partial charge on any atom is -0.477 e. The van der Waals surface area contributed by atoms with E-state index in [0.29, 0.717) is 10.8 Å². The van der Waals surface area contributed by atoms with Crippen LogP contribution < -0.4 is 10.1 Å². The zero-order valence-corrected chi connectivity index (χ0v) is 15.0. The van der Waals surface area contributed by atoms with Crippen LogP contribution in [-0.2, 0) is 20.7 Å². The van der Waals surface area contributed by atoms with Crippen molar-refractivity contribution >= 4 is 34.0 Å². The molecule has 10 heteroatoms. The number of hydrogen-bond acceptors (Lipinski definition) is 8. The second-order valence-corrected chi connectivity index (χ2v) is 6.05. The van der Waals surface area contributed by atoms with E-state index in [4.69, 9.17) is 9.47 Å². The van der Waals surface area contributed by atoms with Gasteiger partial charge in [0, 0.05) is 11.4 Å². The summed E-state index contributed by atoms with van der Waals surface area (Å²) >= 11 is 1.16. The minimum atomic E-state index is -0.574. The van der Waals surface area contributed by atoms with Crippen molar-refractivity contribution in [3.05, 3.63) is 45.0 Å².